The van der Waals surface area contributed by atoms with E-state index in [1.165, 1.54) is 52.6 Å². The van der Waals surface area contributed by atoms with Gasteiger partial charge in [0.05, 0.1) is 27.4 Å². The zero-order valence-corrected chi connectivity index (χ0v) is 19.1. The maximum absolute atomic E-state index is 13.6. The molecule has 0 unspecified atom stereocenters. The van der Waals surface area contributed by atoms with Crippen LogP contribution in [0.5, 0.6) is 0 Å². The molecule has 2 aromatic carbocycles. The summed E-state index contributed by atoms with van der Waals surface area (Å²) in [6.07, 6.45) is 3.17. The van der Waals surface area contributed by atoms with E-state index in [9.17, 15) is 17.6 Å². The Labute approximate surface area is 193 Å². The summed E-state index contributed by atoms with van der Waals surface area (Å²) in [6.45, 7) is 0.636. The van der Waals surface area contributed by atoms with Crippen LogP contribution in [0.2, 0.25) is 5.02 Å². The molecule has 7 nitrogen and oxygen atoms in total. The van der Waals surface area contributed by atoms with Crippen molar-refractivity contribution in [3.05, 3.63) is 71.8 Å². The van der Waals surface area contributed by atoms with Crippen LogP contribution in [0.4, 0.5) is 9.52 Å². The first-order valence-electron chi connectivity index (χ1n) is 9.64. The van der Waals surface area contributed by atoms with Crippen molar-refractivity contribution < 1.29 is 17.6 Å². The Hall–Kier alpha value is -2.82. The predicted molar refractivity (Wildman–Crippen MR) is 122 cm³/mol. The summed E-state index contributed by atoms with van der Waals surface area (Å²) in [5.74, 6) is -1.14. The predicted octanol–water partition coefficient (Wildman–Crippen LogP) is 4.18. The third-order valence-electron chi connectivity index (χ3n) is 4.74. The Balaban J connectivity index is 1.55. The Morgan fingerprint density at radius 2 is 1.97 bits per heavy atom. The van der Waals surface area contributed by atoms with Crippen molar-refractivity contribution in [2.45, 2.75) is 17.9 Å². The highest BCUT2D eigenvalue weighted by Gasteiger charge is 2.23. The molecule has 0 saturated carbocycles. The van der Waals surface area contributed by atoms with Gasteiger partial charge in [0.1, 0.15) is 5.82 Å². The molecule has 166 valence electrons. The number of anilines is 1. The van der Waals surface area contributed by atoms with Gasteiger partial charge in [0, 0.05) is 30.4 Å². The molecule has 0 radical (unpaired) electrons. The lowest BCUT2D eigenvalue weighted by atomic mass is 10.3. The van der Waals surface area contributed by atoms with Crippen LogP contribution in [-0.2, 0) is 21.2 Å². The fraction of sp³-hybridized carbons (Fsp3) is 0.190. The molecule has 2 heterocycles. The summed E-state index contributed by atoms with van der Waals surface area (Å²) >= 11 is 7.00. The molecule has 4 aromatic rings. The van der Waals surface area contributed by atoms with Gasteiger partial charge in [0.25, 0.3) is 0 Å². The first kappa shape index (κ1) is 22.4. The number of halogens is 2. The van der Waals surface area contributed by atoms with Gasteiger partial charge in [-0.3, -0.25) is 14.4 Å². The number of aromatic nitrogens is 3. The van der Waals surface area contributed by atoms with Crippen LogP contribution >= 0.6 is 22.9 Å². The molecule has 4 rings (SSSR count). The minimum atomic E-state index is -3.67. The Bertz CT molecular complexity index is 1340. The molecule has 0 saturated heterocycles. The van der Waals surface area contributed by atoms with E-state index in [1.807, 2.05) is 0 Å². The molecule has 32 heavy (non-hydrogen) atoms. The van der Waals surface area contributed by atoms with Gasteiger partial charge in [-0.15, -0.1) is 0 Å². The van der Waals surface area contributed by atoms with Crippen LogP contribution in [0, 0.1) is 5.82 Å². The van der Waals surface area contributed by atoms with Crippen LogP contribution in [0.25, 0.3) is 10.2 Å². The maximum Gasteiger partial charge on any atom is 0.229 e. The molecule has 0 spiro atoms. The zero-order valence-electron chi connectivity index (χ0n) is 16.7. The second kappa shape index (κ2) is 9.35. The van der Waals surface area contributed by atoms with Gasteiger partial charge in [-0.1, -0.05) is 22.9 Å². The average molecular weight is 493 g/mol. The SMILES string of the molecule is O=C(CCS(=O)(=O)c1ccc(Cl)cc1)N(CCn1cccn1)c1nc2ccc(F)cc2s1. The fourth-order valence-corrected chi connectivity index (χ4v) is 5.47. The van der Waals surface area contributed by atoms with E-state index in [4.69, 9.17) is 11.6 Å². The summed E-state index contributed by atoms with van der Waals surface area (Å²) in [7, 11) is -3.67. The number of benzene rings is 2. The topological polar surface area (TPSA) is 85.2 Å². The molecule has 0 aliphatic rings. The highest BCUT2D eigenvalue weighted by atomic mass is 35.5. The number of nitrogens with zero attached hydrogens (tertiary/aromatic N) is 4. The largest absolute Gasteiger partial charge is 0.286 e. The lowest BCUT2D eigenvalue weighted by Gasteiger charge is -2.20. The molecule has 0 N–H and O–H groups in total. The minimum Gasteiger partial charge on any atom is -0.286 e. The fourth-order valence-electron chi connectivity index (χ4n) is 3.08. The monoisotopic (exact) mass is 492 g/mol. The number of sulfone groups is 1. The number of hydrogen-bond donors (Lipinski definition) is 0. The quantitative estimate of drug-likeness (QED) is 0.368. The van der Waals surface area contributed by atoms with E-state index in [1.54, 1.807) is 29.2 Å². The number of rotatable bonds is 8. The molecule has 0 atom stereocenters. The summed E-state index contributed by atoms with van der Waals surface area (Å²) < 4.78 is 41.2. The van der Waals surface area contributed by atoms with Crippen LogP contribution in [0.15, 0.2) is 65.8 Å². The van der Waals surface area contributed by atoms with Gasteiger partial charge >= 0.3 is 0 Å². The molecule has 0 bridgehead atoms. The molecule has 2 aromatic heterocycles. The molecular weight excluding hydrogens is 475 g/mol. The molecule has 1 amide bonds. The van der Waals surface area contributed by atoms with E-state index >= 15 is 0 Å². The Morgan fingerprint density at radius 1 is 1.19 bits per heavy atom. The van der Waals surface area contributed by atoms with Crippen molar-refractivity contribution in [1.82, 2.24) is 14.8 Å². The van der Waals surface area contributed by atoms with Crippen LogP contribution < -0.4 is 4.90 Å². The first-order chi connectivity index (χ1) is 15.3. The van der Waals surface area contributed by atoms with Gasteiger partial charge in [-0.05, 0) is 48.5 Å². The summed E-state index contributed by atoms with van der Waals surface area (Å²) in [5.41, 5.74) is 0.567. The van der Waals surface area contributed by atoms with Gasteiger partial charge in [-0.2, -0.15) is 5.10 Å². The summed E-state index contributed by atoms with van der Waals surface area (Å²) in [4.78, 5) is 19.1. The van der Waals surface area contributed by atoms with Crippen molar-refractivity contribution in [2.24, 2.45) is 0 Å². The summed E-state index contributed by atoms with van der Waals surface area (Å²) in [6, 6.07) is 11.8. The molecule has 0 aliphatic carbocycles. The van der Waals surface area contributed by atoms with Crippen LogP contribution in [0.1, 0.15) is 6.42 Å². The van der Waals surface area contributed by atoms with Crippen molar-refractivity contribution in [3.8, 4) is 0 Å². The van der Waals surface area contributed by atoms with Crippen molar-refractivity contribution >= 4 is 54.0 Å². The smallest absolute Gasteiger partial charge is 0.229 e. The highest BCUT2D eigenvalue weighted by molar-refractivity contribution is 7.91. The van der Waals surface area contributed by atoms with Gasteiger partial charge in [-0.25, -0.2) is 17.8 Å². The molecule has 0 fully saturated rings. The Kier molecular flexibility index (Phi) is 6.54. The third kappa shape index (κ3) is 5.14. The van der Waals surface area contributed by atoms with Gasteiger partial charge < -0.3 is 0 Å². The van der Waals surface area contributed by atoms with E-state index in [0.717, 1.165) is 0 Å². The molecule has 11 heteroatoms. The van der Waals surface area contributed by atoms with E-state index in [2.05, 4.69) is 10.1 Å². The van der Waals surface area contributed by atoms with Crippen LogP contribution in [0.3, 0.4) is 0 Å². The van der Waals surface area contributed by atoms with Crippen molar-refractivity contribution in [1.29, 1.82) is 0 Å². The number of carbonyl (C=O) groups excluding carboxylic acids is 1. The second-order valence-electron chi connectivity index (χ2n) is 6.95. The maximum atomic E-state index is 13.6. The van der Waals surface area contributed by atoms with E-state index < -0.39 is 21.6 Å². The highest BCUT2D eigenvalue weighted by Crippen LogP contribution is 2.30. The summed E-state index contributed by atoms with van der Waals surface area (Å²) in [5, 5.41) is 4.94. The van der Waals surface area contributed by atoms with Gasteiger partial charge in [0.15, 0.2) is 15.0 Å². The van der Waals surface area contributed by atoms with Crippen molar-refractivity contribution in [2.75, 3.05) is 17.2 Å². The van der Waals surface area contributed by atoms with Gasteiger partial charge in [0.2, 0.25) is 5.91 Å². The van der Waals surface area contributed by atoms with E-state index in [-0.39, 0.29) is 23.6 Å². The Morgan fingerprint density at radius 3 is 2.69 bits per heavy atom. The van der Waals surface area contributed by atoms with Crippen molar-refractivity contribution in [3.63, 3.8) is 0 Å². The number of hydrogen-bond acceptors (Lipinski definition) is 6. The second-order valence-corrected chi connectivity index (χ2v) is 10.5. The van der Waals surface area contributed by atoms with E-state index in [0.29, 0.717) is 26.9 Å². The molecule has 0 aliphatic heterocycles. The lowest BCUT2D eigenvalue weighted by molar-refractivity contribution is -0.118. The minimum absolute atomic E-state index is 0.105. The number of amides is 1. The normalized spacial score (nSPS) is 11.7. The number of thiazole rings is 1. The lowest BCUT2D eigenvalue weighted by Crippen LogP contribution is -2.35. The standard InChI is InChI=1S/C21H18ClFN4O3S2/c22-15-2-5-17(6-3-15)32(29,30)13-8-20(28)27(12-11-26-10-1-9-24-26)21-25-18-7-4-16(23)14-19(18)31-21/h1-7,9-10,14H,8,11-13H2. The zero-order chi connectivity index (χ0) is 22.7. The van der Waals surface area contributed by atoms with Crippen LogP contribution in [-0.4, -0.2) is 41.4 Å². The number of carbonyl (C=O) groups is 1. The first-order valence-corrected chi connectivity index (χ1v) is 12.5. The third-order valence-corrected chi connectivity index (χ3v) is 7.77. The molecular formula is C21H18ClFN4O3S2. The average Bonchev–Trinajstić information content (AvgIpc) is 3.42. The number of fused-ring (bicyclic) bond motifs is 1.